The van der Waals surface area contributed by atoms with E-state index >= 15 is 0 Å². The number of nitrogens with zero attached hydrogens (tertiary/aromatic N) is 2. The number of ether oxygens (including phenoxy) is 1. The Bertz CT molecular complexity index is 1000. The van der Waals surface area contributed by atoms with E-state index in [9.17, 15) is 9.59 Å². The predicted octanol–water partition coefficient (Wildman–Crippen LogP) is 3.98. The fourth-order valence-electron chi connectivity index (χ4n) is 2.77. The first-order valence-corrected chi connectivity index (χ1v) is 10.6. The number of carbonyl (C=O) groups excluding carboxylic acids is 2. The molecule has 0 saturated carbocycles. The van der Waals surface area contributed by atoms with Crippen molar-refractivity contribution in [3.8, 4) is 17.1 Å². The van der Waals surface area contributed by atoms with Crippen molar-refractivity contribution in [2.45, 2.75) is 25.7 Å². The monoisotopic (exact) mass is 486 g/mol. The van der Waals surface area contributed by atoms with Gasteiger partial charge in [0.05, 0.1) is 7.11 Å². The van der Waals surface area contributed by atoms with Crippen LogP contribution in [-0.4, -0.2) is 35.6 Å². The van der Waals surface area contributed by atoms with Gasteiger partial charge in [-0.1, -0.05) is 21.1 Å². The van der Waals surface area contributed by atoms with Crippen molar-refractivity contribution in [1.82, 2.24) is 15.5 Å². The molecule has 9 heteroatoms. The zero-order valence-corrected chi connectivity index (χ0v) is 18.6. The van der Waals surface area contributed by atoms with Crippen LogP contribution in [0.1, 0.15) is 25.2 Å². The molecule has 0 aliphatic heterocycles. The third-order valence-corrected chi connectivity index (χ3v) is 4.94. The van der Waals surface area contributed by atoms with Gasteiger partial charge in [0.15, 0.2) is 0 Å². The second-order valence-corrected chi connectivity index (χ2v) is 7.66. The highest BCUT2D eigenvalue weighted by atomic mass is 79.9. The van der Waals surface area contributed by atoms with Crippen LogP contribution in [0.15, 0.2) is 57.5 Å². The molecule has 0 atom stereocenters. The summed E-state index contributed by atoms with van der Waals surface area (Å²) >= 11 is 3.34. The molecule has 162 valence electrons. The van der Waals surface area contributed by atoms with E-state index in [1.807, 2.05) is 36.4 Å². The number of amides is 2. The van der Waals surface area contributed by atoms with E-state index in [4.69, 9.17) is 9.26 Å². The number of anilines is 1. The number of nitrogens with one attached hydrogen (secondary N) is 2. The maximum atomic E-state index is 12.0. The van der Waals surface area contributed by atoms with Crippen LogP contribution in [0.2, 0.25) is 0 Å². The summed E-state index contributed by atoms with van der Waals surface area (Å²) in [6.45, 7) is 0.281. The normalized spacial score (nSPS) is 10.5. The van der Waals surface area contributed by atoms with Gasteiger partial charge in [0.2, 0.25) is 23.5 Å². The predicted molar refractivity (Wildman–Crippen MR) is 120 cm³/mol. The Morgan fingerprint density at radius 3 is 2.48 bits per heavy atom. The molecule has 0 fully saturated rings. The van der Waals surface area contributed by atoms with Gasteiger partial charge in [-0.15, -0.1) is 0 Å². The third kappa shape index (κ3) is 7.21. The minimum atomic E-state index is -0.153. The number of carbonyl (C=O) groups is 2. The van der Waals surface area contributed by atoms with E-state index in [-0.39, 0.29) is 24.8 Å². The zero-order valence-electron chi connectivity index (χ0n) is 17.1. The van der Waals surface area contributed by atoms with Crippen molar-refractivity contribution in [1.29, 1.82) is 0 Å². The molecule has 0 unspecified atom stereocenters. The molecule has 0 saturated heterocycles. The molecule has 2 amide bonds. The Morgan fingerprint density at radius 2 is 1.77 bits per heavy atom. The summed E-state index contributed by atoms with van der Waals surface area (Å²) in [5.41, 5.74) is 1.54. The second kappa shape index (κ2) is 11.3. The van der Waals surface area contributed by atoms with Gasteiger partial charge in [-0.05, 0) is 55.0 Å². The van der Waals surface area contributed by atoms with Gasteiger partial charge in [0, 0.05) is 41.5 Å². The van der Waals surface area contributed by atoms with Crippen molar-refractivity contribution in [2.75, 3.05) is 19.0 Å². The Labute approximate surface area is 188 Å². The van der Waals surface area contributed by atoms with Crippen molar-refractivity contribution in [3.05, 3.63) is 58.9 Å². The van der Waals surface area contributed by atoms with Crippen LogP contribution in [0, 0.1) is 0 Å². The molecule has 0 spiro atoms. The number of hydrogen-bond donors (Lipinski definition) is 2. The molecule has 2 aromatic carbocycles. The first kappa shape index (κ1) is 22.5. The maximum Gasteiger partial charge on any atom is 0.226 e. The topological polar surface area (TPSA) is 106 Å². The number of aryl methyl sites for hydroxylation is 1. The average Bonchev–Trinajstić information content (AvgIpc) is 3.24. The fraction of sp³-hybridized carbons (Fsp3) is 0.273. The highest BCUT2D eigenvalue weighted by molar-refractivity contribution is 9.10. The largest absolute Gasteiger partial charge is 0.497 e. The second-order valence-electron chi connectivity index (χ2n) is 6.75. The van der Waals surface area contributed by atoms with E-state index in [0.717, 1.165) is 15.8 Å². The number of rotatable bonds is 10. The minimum Gasteiger partial charge on any atom is -0.497 e. The van der Waals surface area contributed by atoms with Gasteiger partial charge in [-0.25, -0.2) is 0 Å². The molecule has 8 nitrogen and oxygen atoms in total. The van der Waals surface area contributed by atoms with Crippen LogP contribution in [0.5, 0.6) is 5.75 Å². The molecule has 0 bridgehead atoms. The summed E-state index contributed by atoms with van der Waals surface area (Å²) < 4.78 is 11.3. The summed E-state index contributed by atoms with van der Waals surface area (Å²) in [5.74, 6) is 1.46. The molecule has 2 N–H and O–H groups in total. The fourth-order valence-corrected chi connectivity index (χ4v) is 3.04. The number of aromatic nitrogens is 2. The number of hydrogen-bond acceptors (Lipinski definition) is 6. The van der Waals surface area contributed by atoms with E-state index in [2.05, 4.69) is 36.7 Å². The standard InChI is InChI=1S/C22H23BrN4O4/c1-30-18-11-5-15(6-12-18)22-26-21(31-27-22)4-2-3-19(28)24-14-13-20(29)25-17-9-7-16(23)8-10-17/h5-12H,2-4,13-14H2,1H3,(H,24,28)(H,25,29). The van der Waals surface area contributed by atoms with Crippen molar-refractivity contribution >= 4 is 33.4 Å². The van der Waals surface area contributed by atoms with Crippen molar-refractivity contribution in [2.24, 2.45) is 0 Å². The summed E-state index contributed by atoms with van der Waals surface area (Å²) in [6, 6.07) is 14.7. The highest BCUT2D eigenvalue weighted by Gasteiger charge is 2.10. The Kier molecular flexibility index (Phi) is 8.17. The maximum absolute atomic E-state index is 12.0. The summed E-state index contributed by atoms with van der Waals surface area (Å²) in [7, 11) is 1.61. The van der Waals surface area contributed by atoms with E-state index < -0.39 is 0 Å². The molecule has 3 rings (SSSR count). The molecular weight excluding hydrogens is 464 g/mol. The SMILES string of the molecule is COc1ccc(-c2noc(CCCC(=O)NCCC(=O)Nc3ccc(Br)cc3)n2)cc1. The van der Waals surface area contributed by atoms with Crippen LogP contribution < -0.4 is 15.4 Å². The lowest BCUT2D eigenvalue weighted by atomic mass is 10.2. The van der Waals surface area contributed by atoms with Crippen LogP contribution in [-0.2, 0) is 16.0 Å². The van der Waals surface area contributed by atoms with Gasteiger partial charge in [-0.2, -0.15) is 4.98 Å². The van der Waals surface area contributed by atoms with E-state index in [1.165, 1.54) is 0 Å². The van der Waals surface area contributed by atoms with Crippen LogP contribution in [0.25, 0.3) is 11.4 Å². The lowest BCUT2D eigenvalue weighted by Crippen LogP contribution is -2.27. The number of halogens is 1. The van der Waals surface area contributed by atoms with Crippen LogP contribution >= 0.6 is 15.9 Å². The van der Waals surface area contributed by atoms with Crippen LogP contribution in [0.4, 0.5) is 5.69 Å². The first-order chi connectivity index (χ1) is 15.0. The van der Waals surface area contributed by atoms with Gasteiger partial charge >= 0.3 is 0 Å². The summed E-state index contributed by atoms with van der Waals surface area (Å²) in [5, 5.41) is 9.51. The summed E-state index contributed by atoms with van der Waals surface area (Å²) in [6.07, 6.45) is 1.59. The van der Waals surface area contributed by atoms with E-state index in [0.29, 0.717) is 36.7 Å². The van der Waals surface area contributed by atoms with Gasteiger partial charge in [0.25, 0.3) is 0 Å². The smallest absolute Gasteiger partial charge is 0.226 e. The zero-order chi connectivity index (χ0) is 22.1. The number of methoxy groups -OCH3 is 1. The molecule has 1 heterocycles. The molecule has 31 heavy (non-hydrogen) atoms. The van der Waals surface area contributed by atoms with Gasteiger partial charge in [-0.3, -0.25) is 9.59 Å². The average molecular weight is 487 g/mol. The molecule has 0 radical (unpaired) electrons. The summed E-state index contributed by atoms with van der Waals surface area (Å²) in [4.78, 5) is 28.3. The molecule has 1 aromatic heterocycles. The van der Waals surface area contributed by atoms with Crippen molar-refractivity contribution in [3.63, 3.8) is 0 Å². The Balaban J connectivity index is 1.33. The van der Waals surface area contributed by atoms with Crippen LogP contribution in [0.3, 0.4) is 0 Å². The lowest BCUT2D eigenvalue weighted by Gasteiger charge is -2.06. The molecule has 0 aliphatic rings. The highest BCUT2D eigenvalue weighted by Crippen LogP contribution is 2.20. The Morgan fingerprint density at radius 1 is 1.03 bits per heavy atom. The number of benzene rings is 2. The quantitative estimate of drug-likeness (QED) is 0.448. The molecule has 3 aromatic rings. The third-order valence-electron chi connectivity index (χ3n) is 4.41. The molecular formula is C22H23BrN4O4. The minimum absolute atomic E-state index is 0.119. The lowest BCUT2D eigenvalue weighted by molar-refractivity contribution is -0.121. The Hall–Kier alpha value is -3.20. The van der Waals surface area contributed by atoms with E-state index in [1.54, 1.807) is 19.2 Å². The van der Waals surface area contributed by atoms with Gasteiger partial charge < -0.3 is 19.9 Å². The van der Waals surface area contributed by atoms with Crippen molar-refractivity contribution < 1.29 is 18.8 Å². The first-order valence-electron chi connectivity index (χ1n) is 9.82. The van der Waals surface area contributed by atoms with Gasteiger partial charge in [0.1, 0.15) is 5.75 Å². The molecule has 0 aliphatic carbocycles.